The van der Waals surface area contributed by atoms with E-state index in [1.54, 1.807) is 6.07 Å². The monoisotopic (exact) mass is 276 g/mol. The van der Waals surface area contributed by atoms with Crippen LogP contribution in [-0.4, -0.2) is 62.5 Å². The van der Waals surface area contributed by atoms with E-state index in [1.807, 2.05) is 18.2 Å². The van der Waals surface area contributed by atoms with Crippen molar-refractivity contribution in [1.82, 2.24) is 9.80 Å². The molecule has 0 spiro atoms. The maximum absolute atomic E-state index is 10.9. The van der Waals surface area contributed by atoms with Crippen molar-refractivity contribution in [3.8, 4) is 5.75 Å². The van der Waals surface area contributed by atoms with Crippen LogP contribution in [0.5, 0.6) is 5.75 Å². The van der Waals surface area contributed by atoms with Crippen LogP contribution in [0.25, 0.3) is 0 Å². The quantitative estimate of drug-likeness (QED) is 0.741. The van der Waals surface area contributed by atoms with Gasteiger partial charge in [-0.2, -0.15) is 0 Å². The average molecular weight is 276 g/mol. The molecule has 20 heavy (non-hydrogen) atoms. The summed E-state index contributed by atoms with van der Waals surface area (Å²) in [4.78, 5) is 15.8. The minimum absolute atomic E-state index is 0.457. The summed E-state index contributed by atoms with van der Waals surface area (Å²) in [7, 11) is 2.17. The minimum atomic E-state index is 0.457. The van der Waals surface area contributed by atoms with Gasteiger partial charge in [-0.15, -0.1) is 0 Å². The zero-order valence-electron chi connectivity index (χ0n) is 12.4. The summed E-state index contributed by atoms with van der Waals surface area (Å²) in [5.41, 5.74) is 0.624. The summed E-state index contributed by atoms with van der Waals surface area (Å²) >= 11 is 0. The predicted octanol–water partition coefficient (Wildman–Crippen LogP) is 1.76. The molecule has 0 aromatic heterocycles. The number of hydrogen-bond acceptors (Lipinski definition) is 4. The molecule has 1 aromatic rings. The number of likely N-dealkylation sites (N-methyl/N-ethyl adjacent to an activating group) is 1. The second-order valence-electron chi connectivity index (χ2n) is 5.68. The second kappa shape index (κ2) is 7.41. The van der Waals surface area contributed by atoms with Crippen molar-refractivity contribution in [3.63, 3.8) is 0 Å². The molecule has 0 amide bonds. The Morgan fingerprint density at radius 2 is 1.95 bits per heavy atom. The molecule has 4 heteroatoms. The lowest BCUT2D eigenvalue weighted by atomic mass is 10.1. The highest BCUT2D eigenvalue weighted by Crippen LogP contribution is 2.17. The lowest BCUT2D eigenvalue weighted by Gasteiger charge is -2.33. The van der Waals surface area contributed by atoms with E-state index in [0.717, 1.165) is 39.0 Å². The molecule has 1 atom stereocenters. The standard InChI is InChI=1S/C16H24N2O2/c1-14(11-18-9-7-17(2)8-10-18)13-20-16-6-4-3-5-15(16)12-19/h3-6,12,14H,7-11,13H2,1-2H3. The van der Waals surface area contributed by atoms with Crippen LogP contribution < -0.4 is 4.74 Å². The molecule has 1 unspecified atom stereocenters. The maximum atomic E-state index is 10.9. The van der Waals surface area contributed by atoms with E-state index in [2.05, 4.69) is 23.8 Å². The summed E-state index contributed by atoms with van der Waals surface area (Å²) in [5, 5.41) is 0. The molecule has 0 bridgehead atoms. The Kier molecular flexibility index (Phi) is 5.56. The molecule has 1 aliphatic heterocycles. The number of aldehydes is 1. The van der Waals surface area contributed by atoms with Crippen molar-refractivity contribution in [1.29, 1.82) is 0 Å². The van der Waals surface area contributed by atoms with Crippen LogP contribution in [0.3, 0.4) is 0 Å². The lowest BCUT2D eigenvalue weighted by molar-refractivity contribution is 0.111. The van der Waals surface area contributed by atoms with E-state index in [0.29, 0.717) is 23.8 Å². The Balaban J connectivity index is 1.77. The summed E-state index contributed by atoms with van der Waals surface area (Å²) in [6, 6.07) is 7.39. The highest BCUT2D eigenvalue weighted by Gasteiger charge is 2.16. The van der Waals surface area contributed by atoms with E-state index in [4.69, 9.17) is 4.74 Å². The van der Waals surface area contributed by atoms with Crippen molar-refractivity contribution >= 4 is 6.29 Å². The van der Waals surface area contributed by atoms with Crippen LogP contribution in [0.2, 0.25) is 0 Å². The number of hydrogen-bond donors (Lipinski definition) is 0. The van der Waals surface area contributed by atoms with Crippen molar-refractivity contribution in [3.05, 3.63) is 29.8 Å². The molecule has 1 heterocycles. The fraction of sp³-hybridized carbons (Fsp3) is 0.562. The first-order chi connectivity index (χ1) is 9.69. The third-order valence-electron chi connectivity index (χ3n) is 3.74. The molecule has 110 valence electrons. The molecule has 4 nitrogen and oxygen atoms in total. The van der Waals surface area contributed by atoms with Crippen LogP contribution in [0.4, 0.5) is 0 Å². The Morgan fingerprint density at radius 3 is 2.65 bits per heavy atom. The number of nitrogens with zero attached hydrogens (tertiary/aromatic N) is 2. The van der Waals surface area contributed by atoms with Crippen molar-refractivity contribution in [2.75, 3.05) is 46.4 Å². The largest absolute Gasteiger partial charge is 0.493 e. The maximum Gasteiger partial charge on any atom is 0.153 e. The van der Waals surface area contributed by atoms with Gasteiger partial charge in [-0.25, -0.2) is 0 Å². The number of benzene rings is 1. The van der Waals surface area contributed by atoms with Gasteiger partial charge in [0.25, 0.3) is 0 Å². The van der Waals surface area contributed by atoms with Crippen LogP contribution >= 0.6 is 0 Å². The Morgan fingerprint density at radius 1 is 1.25 bits per heavy atom. The molecule has 1 aliphatic rings. The fourth-order valence-electron chi connectivity index (χ4n) is 2.47. The number of rotatable bonds is 6. The summed E-state index contributed by atoms with van der Waals surface area (Å²) in [6.45, 7) is 8.44. The highest BCUT2D eigenvalue weighted by atomic mass is 16.5. The minimum Gasteiger partial charge on any atom is -0.493 e. The molecule has 2 rings (SSSR count). The first-order valence-corrected chi connectivity index (χ1v) is 7.27. The summed E-state index contributed by atoms with van der Waals surface area (Å²) in [6.07, 6.45) is 0.848. The van der Waals surface area contributed by atoms with Gasteiger partial charge >= 0.3 is 0 Å². The predicted molar refractivity (Wildman–Crippen MR) is 80.4 cm³/mol. The number of carbonyl (C=O) groups excluding carboxylic acids is 1. The molecule has 0 N–H and O–H groups in total. The van der Waals surface area contributed by atoms with E-state index in [-0.39, 0.29) is 0 Å². The molecule has 0 radical (unpaired) electrons. The van der Waals surface area contributed by atoms with Gasteiger partial charge in [0.1, 0.15) is 5.75 Å². The van der Waals surface area contributed by atoms with E-state index in [9.17, 15) is 4.79 Å². The molecule has 0 aliphatic carbocycles. The normalized spacial score (nSPS) is 18.7. The van der Waals surface area contributed by atoms with Gasteiger partial charge in [-0.1, -0.05) is 19.1 Å². The molecule has 1 fully saturated rings. The molecular weight excluding hydrogens is 252 g/mol. The SMILES string of the molecule is CC(COc1ccccc1C=O)CN1CCN(C)CC1. The molecule has 1 saturated heterocycles. The van der Waals surface area contributed by atoms with Gasteiger partial charge in [0.05, 0.1) is 12.2 Å². The summed E-state index contributed by atoms with van der Waals surface area (Å²) < 4.78 is 5.78. The van der Waals surface area contributed by atoms with E-state index in [1.165, 1.54) is 0 Å². The third-order valence-corrected chi connectivity index (χ3v) is 3.74. The van der Waals surface area contributed by atoms with Crippen LogP contribution in [0.15, 0.2) is 24.3 Å². The number of para-hydroxylation sites is 1. The Labute approximate surface area is 121 Å². The highest BCUT2D eigenvalue weighted by molar-refractivity contribution is 5.79. The zero-order chi connectivity index (χ0) is 14.4. The molecule has 1 aromatic carbocycles. The van der Waals surface area contributed by atoms with Gasteiger partial charge in [0.2, 0.25) is 0 Å². The lowest BCUT2D eigenvalue weighted by Crippen LogP contribution is -2.46. The van der Waals surface area contributed by atoms with Crippen LogP contribution in [0, 0.1) is 5.92 Å². The van der Waals surface area contributed by atoms with Crippen LogP contribution in [0.1, 0.15) is 17.3 Å². The van der Waals surface area contributed by atoms with Crippen molar-refractivity contribution < 1.29 is 9.53 Å². The Hall–Kier alpha value is -1.39. The first kappa shape index (κ1) is 15.0. The topological polar surface area (TPSA) is 32.8 Å². The smallest absolute Gasteiger partial charge is 0.153 e. The third kappa shape index (κ3) is 4.32. The van der Waals surface area contributed by atoms with E-state index >= 15 is 0 Å². The average Bonchev–Trinajstić information content (AvgIpc) is 2.48. The van der Waals surface area contributed by atoms with Gasteiger partial charge < -0.3 is 14.5 Å². The van der Waals surface area contributed by atoms with Crippen molar-refractivity contribution in [2.45, 2.75) is 6.92 Å². The second-order valence-corrected chi connectivity index (χ2v) is 5.68. The summed E-state index contributed by atoms with van der Waals surface area (Å²) in [5.74, 6) is 1.14. The van der Waals surface area contributed by atoms with Crippen LogP contribution in [-0.2, 0) is 0 Å². The number of piperazine rings is 1. The van der Waals surface area contributed by atoms with Gasteiger partial charge in [0, 0.05) is 38.6 Å². The van der Waals surface area contributed by atoms with Gasteiger partial charge in [-0.05, 0) is 19.2 Å². The van der Waals surface area contributed by atoms with Crippen molar-refractivity contribution in [2.24, 2.45) is 5.92 Å². The first-order valence-electron chi connectivity index (χ1n) is 7.27. The van der Waals surface area contributed by atoms with Gasteiger partial charge in [0.15, 0.2) is 6.29 Å². The fourth-order valence-corrected chi connectivity index (χ4v) is 2.47. The molecule has 0 saturated carbocycles. The van der Waals surface area contributed by atoms with Gasteiger partial charge in [-0.3, -0.25) is 4.79 Å². The Bertz CT molecular complexity index is 428. The molecular formula is C16H24N2O2. The zero-order valence-corrected chi connectivity index (χ0v) is 12.4. The number of ether oxygens (including phenoxy) is 1. The van der Waals surface area contributed by atoms with E-state index < -0.39 is 0 Å². The number of carbonyl (C=O) groups is 1.